The maximum Gasteiger partial charge on any atom is 0.205 e. The SMILES string of the molecule is CCC(CSC)NC(=NC)NN. The van der Waals surface area contributed by atoms with Crippen LogP contribution in [0.4, 0.5) is 0 Å². The van der Waals surface area contributed by atoms with Gasteiger partial charge in [0.1, 0.15) is 0 Å². The van der Waals surface area contributed by atoms with E-state index in [1.165, 1.54) is 0 Å². The van der Waals surface area contributed by atoms with Crippen LogP contribution in [0.3, 0.4) is 0 Å². The van der Waals surface area contributed by atoms with Gasteiger partial charge >= 0.3 is 0 Å². The molecule has 0 amide bonds. The van der Waals surface area contributed by atoms with E-state index in [2.05, 4.69) is 28.9 Å². The zero-order chi connectivity index (χ0) is 9.40. The Bertz CT molecular complexity index is 137. The third-order valence-electron chi connectivity index (χ3n) is 1.56. The summed E-state index contributed by atoms with van der Waals surface area (Å²) in [5.41, 5.74) is 2.50. The van der Waals surface area contributed by atoms with Crippen molar-refractivity contribution in [3.8, 4) is 0 Å². The van der Waals surface area contributed by atoms with Crippen molar-refractivity contribution in [3.05, 3.63) is 0 Å². The highest BCUT2D eigenvalue weighted by Gasteiger charge is 2.05. The van der Waals surface area contributed by atoms with Crippen LogP contribution < -0.4 is 16.6 Å². The zero-order valence-corrected chi connectivity index (χ0v) is 8.74. The number of hydrogen-bond acceptors (Lipinski definition) is 3. The van der Waals surface area contributed by atoms with Crippen LogP contribution in [0.1, 0.15) is 13.3 Å². The van der Waals surface area contributed by atoms with E-state index in [1.54, 1.807) is 7.05 Å². The molecule has 0 aliphatic rings. The Labute approximate surface area is 78.4 Å². The van der Waals surface area contributed by atoms with Crippen LogP contribution in [-0.4, -0.2) is 31.1 Å². The van der Waals surface area contributed by atoms with Gasteiger partial charge in [0.2, 0.25) is 5.96 Å². The first-order valence-electron chi connectivity index (χ1n) is 3.97. The largest absolute Gasteiger partial charge is 0.352 e. The second kappa shape index (κ2) is 7.24. The number of rotatable bonds is 4. The van der Waals surface area contributed by atoms with Crippen molar-refractivity contribution in [2.75, 3.05) is 19.1 Å². The lowest BCUT2D eigenvalue weighted by molar-refractivity contribution is 0.636. The minimum Gasteiger partial charge on any atom is -0.352 e. The summed E-state index contributed by atoms with van der Waals surface area (Å²) in [6, 6.07) is 0.440. The highest BCUT2D eigenvalue weighted by molar-refractivity contribution is 7.98. The van der Waals surface area contributed by atoms with E-state index < -0.39 is 0 Å². The van der Waals surface area contributed by atoms with Crippen LogP contribution in [-0.2, 0) is 0 Å². The molecule has 1 unspecified atom stereocenters. The summed E-state index contributed by atoms with van der Waals surface area (Å²) >= 11 is 1.81. The van der Waals surface area contributed by atoms with E-state index in [0.717, 1.165) is 12.2 Å². The number of guanidine groups is 1. The summed E-state index contributed by atoms with van der Waals surface area (Å²) in [6.07, 6.45) is 3.16. The maximum absolute atomic E-state index is 5.23. The van der Waals surface area contributed by atoms with Crippen molar-refractivity contribution >= 4 is 17.7 Å². The third-order valence-corrected chi connectivity index (χ3v) is 2.30. The molecular weight excluding hydrogens is 172 g/mol. The Balaban J connectivity index is 3.83. The highest BCUT2D eigenvalue weighted by atomic mass is 32.2. The van der Waals surface area contributed by atoms with Gasteiger partial charge in [-0.1, -0.05) is 6.92 Å². The van der Waals surface area contributed by atoms with Crippen molar-refractivity contribution in [3.63, 3.8) is 0 Å². The molecule has 4 nitrogen and oxygen atoms in total. The molecule has 1 atom stereocenters. The smallest absolute Gasteiger partial charge is 0.205 e. The van der Waals surface area contributed by atoms with Gasteiger partial charge in [0.15, 0.2) is 0 Å². The molecule has 5 heteroatoms. The molecule has 0 aromatic rings. The summed E-state index contributed by atoms with van der Waals surface area (Å²) in [5.74, 6) is 6.95. The minimum atomic E-state index is 0.440. The lowest BCUT2D eigenvalue weighted by atomic mass is 10.3. The molecule has 0 heterocycles. The fourth-order valence-electron chi connectivity index (χ4n) is 0.827. The Hall–Kier alpha value is -0.420. The highest BCUT2D eigenvalue weighted by Crippen LogP contribution is 2.00. The van der Waals surface area contributed by atoms with E-state index in [1.807, 2.05) is 11.8 Å². The molecule has 0 saturated carbocycles. The van der Waals surface area contributed by atoms with Crippen LogP contribution in [0.15, 0.2) is 4.99 Å². The number of nitrogens with one attached hydrogen (secondary N) is 2. The first-order chi connectivity index (χ1) is 5.78. The fourth-order valence-corrected chi connectivity index (χ4v) is 1.55. The first kappa shape index (κ1) is 11.6. The van der Waals surface area contributed by atoms with Crippen molar-refractivity contribution in [1.29, 1.82) is 0 Å². The summed E-state index contributed by atoms with van der Waals surface area (Å²) < 4.78 is 0. The first-order valence-corrected chi connectivity index (χ1v) is 5.36. The Morgan fingerprint density at radius 2 is 2.33 bits per heavy atom. The molecule has 12 heavy (non-hydrogen) atoms. The molecule has 0 saturated heterocycles. The molecule has 0 bridgehead atoms. The van der Waals surface area contributed by atoms with Crippen LogP contribution in [0.25, 0.3) is 0 Å². The Morgan fingerprint density at radius 3 is 2.67 bits per heavy atom. The van der Waals surface area contributed by atoms with Gasteiger partial charge in [-0.05, 0) is 12.7 Å². The van der Waals surface area contributed by atoms with E-state index in [-0.39, 0.29) is 0 Å². The summed E-state index contributed by atoms with van der Waals surface area (Å²) in [4.78, 5) is 3.94. The van der Waals surface area contributed by atoms with Gasteiger partial charge in [0, 0.05) is 18.8 Å². The number of nitrogens with zero attached hydrogens (tertiary/aromatic N) is 1. The number of hydrogen-bond donors (Lipinski definition) is 3. The van der Waals surface area contributed by atoms with E-state index >= 15 is 0 Å². The molecule has 0 rings (SSSR count). The van der Waals surface area contributed by atoms with Gasteiger partial charge in [-0.25, -0.2) is 5.84 Å². The molecule has 0 radical (unpaired) electrons. The van der Waals surface area contributed by atoms with E-state index in [9.17, 15) is 0 Å². The maximum atomic E-state index is 5.23. The quantitative estimate of drug-likeness (QED) is 0.256. The van der Waals surface area contributed by atoms with Crippen molar-refractivity contribution in [1.82, 2.24) is 10.7 Å². The second-order valence-electron chi connectivity index (χ2n) is 2.42. The molecule has 4 N–H and O–H groups in total. The van der Waals surface area contributed by atoms with Gasteiger partial charge in [0.05, 0.1) is 0 Å². The predicted octanol–water partition coefficient (Wildman–Crippen LogP) is 0.167. The average Bonchev–Trinajstić information content (AvgIpc) is 2.12. The van der Waals surface area contributed by atoms with E-state index in [4.69, 9.17) is 5.84 Å². The Kier molecular flexibility index (Phi) is 6.99. The molecule has 0 spiro atoms. The van der Waals surface area contributed by atoms with Crippen LogP contribution in [0.2, 0.25) is 0 Å². The topological polar surface area (TPSA) is 62.4 Å². The van der Waals surface area contributed by atoms with Crippen molar-refractivity contribution in [2.45, 2.75) is 19.4 Å². The van der Waals surface area contributed by atoms with Crippen molar-refractivity contribution in [2.24, 2.45) is 10.8 Å². The van der Waals surface area contributed by atoms with Crippen LogP contribution >= 0.6 is 11.8 Å². The number of nitrogens with two attached hydrogens (primary N) is 1. The summed E-state index contributed by atoms with van der Waals surface area (Å²) in [7, 11) is 1.70. The molecule has 0 fully saturated rings. The van der Waals surface area contributed by atoms with Crippen LogP contribution in [0, 0.1) is 0 Å². The monoisotopic (exact) mass is 190 g/mol. The molecule has 0 aromatic carbocycles. The van der Waals surface area contributed by atoms with Gasteiger partial charge in [0.25, 0.3) is 0 Å². The van der Waals surface area contributed by atoms with Crippen LogP contribution in [0.5, 0.6) is 0 Å². The molecule has 0 aliphatic heterocycles. The number of hydrazine groups is 1. The molecular formula is C7H18N4S. The zero-order valence-electron chi connectivity index (χ0n) is 7.92. The van der Waals surface area contributed by atoms with Crippen molar-refractivity contribution < 1.29 is 0 Å². The minimum absolute atomic E-state index is 0.440. The van der Waals surface area contributed by atoms with Gasteiger partial charge in [-0.15, -0.1) is 0 Å². The Morgan fingerprint density at radius 1 is 1.67 bits per heavy atom. The fraction of sp³-hybridized carbons (Fsp3) is 0.857. The van der Waals surface area contributed by atoms with Gasteiger partial charge in [-0.3, -0.25) is 10.4 Å². The summed E-state index contributed by atoms with van der Waals surface area (Å²) in [6.45, 7) is 2.14. The van der Waals surface area contributed by atoms with Gasteiger partial charge in [-0.2, -0.15) is 11.8 Å². The second-order valence-corrected chi connectivity index (χ2v) is 3.33. The normalized spacial score (nSPS) is 14.2. The average molecular weight is 190 g/mol. The van der Waals surface area contributed by atoms with Gasteiger partial charge < -0.3 is 5.32 Å². The molecule has 72 valence electrons. The molecule has 0 aliphatic carbocycles. The summed E-state index contributed by atoms with van der Waals surface area (Å²) in [5, 5.41) is 3.20. The third kappa shape index (κ3) is 4.46. The number of aliphatic imine (C=N–C) groups is 1. The standard InChI is InChI=1S/C7H18N4S/c1-4-6(5-12-3)10-7(9-2)11-8/h6H,4-5,8H2,1-3H3,(H2,9,10,11). The lowest BCUT2D eigenvalue weighted by Crippen LogP contribution is -2.47. The predicted molar refractivity (Wildman–Crippen MR) is 56.3 cm³/mol. The lowest BCUT2D eigenvalue weighted by Gasteiger charge is -2.17. The molecule has 0 aromatic heterocycles. The number of thioether (sulfide) groups is 1. The van der Waals surface area contributed by atoms with E-state index in [0.29, 0.717) is 12.0 Å².